The largest absolute Gasteiger partial charge is 0.497 e. The first-order chi connectivity index (χ1) is 17.3. The van der Waals surface area contributed by atoms with Crippen molar-refractivity contribution in [2.24, 2.45) is 5.41 Å². The molecule has 9 heteroatoms. The number of carbonyl (C=O) groups is 1. The van der Waals surface area contributed by atoms with E-state index in [9.17, 15) is 15.0 Å². The molecule has 1 atom stereocenters. The second-order valence-corrected chi connectivity index (χ2v) is 11.2. The van der Waals surface area contributed by atoms with Crippen molar-refractivity contribution in [2.75, 3.05) is 32.5 Å². The fourth-order valence-electron chi connectivity index (χ4n) is 4.82. The van der Waals surface area contributed by atoms with Gasteiger partial charge in [-0.1, -0.05) is 29.3 Å². The zero-order valence-corrected chi connectivity index (χ0v) is 22.5. The predicted octanol–water partition coefficient (Wildman–Crippen LogP) is 6.32. The number of halogens is 2. The number of fused-ring (bicyclic) bond motifs is 1. The Morgan fingerprint density at radius 2 is 2.00 bits per heavy atom. The highest BCUT2D eigenvalue weighted by atomic mass is 35.5. The van der Waals surface area contributed by atoms with Crippen molar-refractivity contribution in [3.05, 3.63) is 64.3 Å². The van der Waals surface area contributed by atoms with E-state index < -0.39 is 17.5 Å². The zero-order chi connectivity index (χ0) is 25.7. The fourth-order valence-corrected chi connectivity index (χ4v) is 6.32. The van der Waals surface area contributed by atoms with Gasteiger partial charge in [-0.3, -0.25) is 9.78 Å². The molecule has 0 bridgehead atoms. The molecule has 1 saturated heterocycles. The molecule has 2 aromatic carbocycles. The van der Waals surface area contributed by atoms with Crippen molar-refractivity contribution in [1.82, 2.24) is 9.88 Å². The molecule has 0 spiro atoms. The van der Waals surface area contributed by atoms with Gasteiger partial charge in [0.05, 0.1) is 29.2 Å². The number of hydrogen-bond acceptors (Lipinski definition) is 6. The normalized spacial score (nSPS) is 16.7. The summed E-state index contributed by atoms with van der Waals surface area (Å²) in [5.41, 5.74) is 0.410. The number of aliphatic hydroxyl groups is 1. The average Bonchev–Trinajstić information content (AvgIpc) is 2.87. The number of aliphatic hydroxyl groups excluding tert-OH is 1. The summed E-state index contributed by atoms with van der Waals surface area (Å²) in [5, 5.41) is 23.1. The molecule has 192 valence electrons. The number of nitrogens with zero attached hydrogens (tertiary/aromatic N) is 2. The minimum absolute atomic E-state index is 0.299. The summed E-state index contributed by atoms with van der Waals surface area (Å²) in [6.07, 6.45) is 2.40. The second kappa shape index (κ2) is 12.0. The summed E-state index contributed by atoms with van der Waals surface area (Å²) in [4.78, 5) is 20.1. The van der Waals surface area contributed by atoms with Gasteiger partial charge in [-0.15, -0.1) is 11.8 Å². The van der Waals surface area contributed by atoms with Crippen LogP contribution in [0.4, 0.5) is 0 Å². The Morgan fingerprint density at radius 1 is 1.22 bits per heavy atom. The molecule has 4 rings (SSSR count). The molecule has 6 nitrogen and oxygen atoms in total. The Morgan fingerprint density at radius 3 is 2.69 bits per heavy atom. The van der Waals surface area contributed by atoms with Crippen molar-refractivity contribution in [1.29, 1.82) is 0 Å². The molecule has 1 aliphatic heterocycles. The lowest BCUT2D eigenvalue weighted by molar-refractivity contribution is -0.153. The van der Waals surface area contributed by atoms with E-state index in [1.54, 1.807) is 31.0 Å². The Kier molecular flexibility index (Phi) is 9.01. The number of methoxy groups -OCH3 is 1. The van der Waals surface area contributed by atoms with E-state index in [4.69, 9.17) is 27.9 Å². The number of hydrogen-bond donors (Lipinski definition) is 2. The molecule has 1 aliphatic rings. The molecule has 2 N–H and O–H groups in total. The summed E-state index contributed by atoms with van der Waals surface area (Å²) in [7, 11) is 1.58. The SMILES string of the molecule is COc1ccc2ncc(Cl)c([C@H](O)CCC3(C(=O)O)CCN(CCSc4cccc(Cl)c4)CC3)c2c1. The van der Waals surface area contributed by atoms with Gasteiger partial charge in [0.1, 0.15) is 5.75 Å². The lowest BCUT2D eigenvalue weighted by atomic mass is 9.74. The van der Waals surface area contributed by atoms with Gasteiger partial charge < -0.3 is 19.8 Å². The first kappa shape index (κ1) is 27.0. The van der Waals surface area contributed by atoms with Crippen LogP contribution < -0.4 is 4.74 Å². The number of aliphatic carboxylic acids is 1. The molecule has 0 unspecified atom stereocenters. The van der Waals surface area contributed by atoms with Gasteiger partial charge in [0.15, 0.2) is 0 Å². The van der Waals surface area contributed by atoms with E-state index in [2.05, 4.69) is 9.88 Å². The van der Waals surface area contributed by atoms with Crippen LogP contribution in [-0.2, 0) is 4.79 Å². The van der Waals surface area contributed by atoms with Crippen LogP contribution in [0.25, 0.3) is 10.9 Å². The number of piperidine rings is 1. The van der Waals surface area contributed by atoms with Gasteiger partial charge in [-0.25, -0.2) is 0 Å². The monoisotopic (exact) mass is 548 g/mol. The summed E-state index contributed by atoms with van der Waals surface area (Å²) in [6, 6.07) is 13.2. The number of rotatable bonds is 10. The smallest absolute Gasteiger partial charge is 0.309 e. The van der Waals surface area contributed by atoms with E-state index in [0.29, 0.717) is 66.0 Å². The van der Waals surface area contributed by atoms with Crippen LogP contribution in [0.15, 0.2) is 53.6 Å². The summed E-state index contributed by atoms with van der Waals surface area (Å²) >= 11 is 14.2. The van der Waals surface area contributed by atoms with Crippen LogP contribution in [-0.4, -0.2) is 58.6 Å². The van der Waals surface area contributed by atoms with Crippen LogP contribution in [0.1, 0.15) is 37.4 Å². The highest BCUT2D eigenvalue weighted by molar-refractivity contribution is 7.99. The van der Waals surface area contributed by atoms with Crippen molar-refractivity contribution < 1.29 is 19.7 Å². The molecule has 3 aromatic rings. The molecule has 2 heterocycles. The average molecular weight is 550 g/mol. The second-order valence-electron chi connectivity index (χ2n) is 9.19. The van der Waals surface area contributed by atoms with Gasteiger partial charge >= 0.3 is 5.97 Å². The lowest BCUT2D eigenvalue weighted by Gasteiger charge is -2.39. The van der Waals surface area contributed by atoms with Crippen molar-refractivity contribution in [3.63, 3.8) is 0 Å². The van der Waals surface area contributed by atoms with Crippen LogP contribution in [0.5, 0.6) is 5.75 Å². The number of aromatic nitrogens is 1. The maximum absolute atomic E-state index is 12.4. The quantitative estimate of drug-likeness (QED) is 0.286. The molecular weight excluding hydrogens is 519 g/mol. The molecule has 1 fully saturated rings. The summed E-state index contributed by atoms with van der Waals surface area (Å²) < 4.78 is 5.33. The van der Waals surface area contributed by atoms with Crippen molar-refractivity contribution >= 4 is 51.8 Å². The first-order valence-corrected chi connectivity index (χ1v) is 13.7. The molecule has 1 aromatic heterocycles. The third-order valence-corrected chi connectivity index (χ3v) is 8.55. The summed E-state index contributed by atoms with van der Waals surface area (Å²) in [6.45, 7) is 2.32. The number of thioether (sulfide) groups is 1. The molecule has 0 radical (unpaired) electrons. The highest BCUT2D eigenvalue weighted by Gasteiger charge is 2.41. The van der Waals surface area contributed by atoms with Gasteiger partial charge in [-0.05, 0) is 75.2 Å². The number of pyridine rings is 1. The fraction of sp³-hybridized carbons (Fsp3) is 0.407. The van der Waals surface area contributed by atoms with Gasteiger partial charge in [-0.2, -0.15) is 0 Å². The number of likely N-dealkylation sites (tertiary alicyclic amines) is 1. The molecule has 0 aliphatic carbocycles. The van der Waals surface area contributed by atoms with E-state index in [1.165, 1.54) is 6.20 Å². The first-order valence-electron chi connectivity index (χ1n) is 12.0. The standard InChI is InChI=1S/C27H30Cl2N2O4S/c1-35-19-5-6-23-21(16-19)25(22(29)17-30-23)24(32)7-8-27(26(33)34)9-11-31(12-10-27)13-14-36-20-4-2-3-18(28)15-20/h2-6,15-17,24,32H,7-14H2,1H3,(H,33,34)/t24-/m1/s1. The maximum Gasteiger partial charge on any atom is 0.309 e. The number of carboxylic acid groups (broad SMARTS) is 1. The van der Waals surface area contributed by atoms with E-state index in [0.717, 1.165) is 22.2 Å². The number of ether oxygens (including phenoxy) is 1. The van der Waals surface area contributed by atoms with Crippen LogP contribution in [0.2, 0.25) is 10.0 Å². The Bertz CT molecular complexity index is 1220. The third kappa shape index (κ3) is 6.26. The van der Waals surface area contributed by atoms with E-state index in [1.807, 2.05) is 30.3 Å². The predicted molar refractivity (Wildman–Crippen MR) is 145 cm³/mol. The summed E-state index contributed by atoms with van der Waals surface area (Å²) in [5.74, 6) is 0.758. The number of carboxylic acids is 1. The van der Waals surface area contributed by atoms with Crippen molar-refractivity contribution in [3.8, 4) is 5.75 Å². The minimum atomic E-state index is -0.904. The lowest BCUT2D eigenvalue weighted by Crippen LogP contribution is -2.45. The molecule has 36 heavy (non-hydrogen) atoms. The Balaban J connectivity index is 1.37. The molecular formula is C27H30Cl2N2O4S. The van der Waals surface area contributed by atoms with Gasteiger partial charge in [0.2, 0.25) is 0 Å². The number of benzene rings is 2. The van der Waals surface area contributed by atoms with Crippen LogP contribution in [0, 0.1) is 5.41 Å². The van der Waals surface area contributed by atoms with E-state index in [-0.39, 0.29) is 0 Å². The maximum atomic E-state index is 12.4. The topological polar surface area (TPSA) is 82.9 Å². The molecule has 0 saturated carbocycles. The van der Waals surface area contributed by atoms with Gasteiger partial charge in [0, 0.05) is 39.4 Å². The Hall–Kier alpha value is -2.03. The van der Waals surface area contributed by atoms with Crippen molar-refractivity contribution in [2.45, 2.75) is 36.7 Å². The van der Waals surface area contributed by atoms with Gasteiger partial charge in [0.25, 0.3) is 0 Å². The highest BCUT2D eigenvalue weighted by Crippen LogP contribution is 2.41. The third-order valence-electron chi connectivity index (χ3n) is 7.04. The zero-order valence-electron chi connectivity index (χ0n) is 20.1. The van der Waals surface area contributed by atoms with E-state index >= 15 is 0 Å². The minimum Gasteiger partial charge on any atom is -0.497 e. The molecule has 0 amide bonds. The van der Waals surface area contributed by atoms with Crippen LogP contribution in [0.3, 0.4) is 0 Å². The Labute approximate surface area is 225 Å². The van der Waals surface area contributed by atoms with Crippen LogP contribution >= 0.6 is 35.0 Å².